The maximum Gasteiger partial charge on any atom is 0.243 e. The quantitative estimate of drug-likeness (QED) is 0.254. The lowest BCUT2D eigenvalue weighted by Gasteiger charge is -2.34. The van der Waals surface area contributed by atoms with Crippen LogP contribution in [0.1, 0.15) is 48.8 Å². The fourth-order valence-corrected chi connectivity index (χ4v) is 6.26. The van der Waals surface area contributed by atoms with E-state index in [2.05, 4.69) is 5.32 Å². The molecule has 0 heterocycles. The molecule has 4 nitrogen and oxygen atoms in total. The number of carbonyl (C=O) groups excluding carboxylic acids is 2. The third-order valence-corrected chi connectivity index (χ3v) is 8.72. The highest BCUT2D eigenvalue weighted by atomic mass is 35.5. The number of nitrogens with zero attached hydrogens (tertiary/aromatic N) is 1. The van der Waals surface area contributed by atoms with Gasteiger partial charge in [0.15, 0.2) is 0 Å². The SMILES string of the molecule is O=C(NC1CCCCC1)[C@@H](Cc1ccccc1)N(Cc1c(Cl)cccc1Cl)C(=O)CSCc1ccc(F)cc1. The normalized spacial score (nSPS) is 14.5. The van der Waals surface area contributed by atoms with Gasteiger partial charge in [0.05, 0.1) is 5.75 Å². The maximum atomic E-state index is 13.8. The minimum atomic E-state index is -0.736. The zero-order valence-electron chi connectivity index (χ0n) is 21.8. The van der Waals surface area contributed by atoms with Crippen molar-refractivity contribution in [2.45, 2.75) is 62.9 Å². The van der Waals surface area contributed by atoms with Crippen molar-refractivity contribution in [3.05, 3.63) is 105 Å². The molecule has 0 saturated heterocycles. The molecule has 0 aromatic heterocycles. The van der Waals surface area contributed by atoms with Crippen LogP contribution in [0.5, 0.6) is 0 Å². The van der Waals surface area contributed by atoms with Crippen LogP contribution in [-0.4, -0.2) is 34.6 Å². The molecule has 1 aliphatic carbocycles. The van der Waals surface area contributed by atoms with E-state index in [1.54, 1.807) is 35.2 Å². The number of halogens is 3. The predicted octanol–water partition coefficient (Wildman–Crippen LogP) is 7.45. The zero-order valence-corrected chi connectivity index (χ0v) is 24.1. The van der Waals surface area contributed by atoms with Gasteiger partial charge in [-0.05, 0) is 48.2 Å². The van der Waals surface area contributed by atoms with E-state index in [0.717, 1.165) is 36.8 Å². The lowest BCUT2D eigenvalue weighted by molar-refractivity contribution is -0.139. The molecule has 1 aliphatic rings. The van der Waals surface area contributed by atoms with Gasteiger partial charge in [0.2, 0.25) is 11.8 Å². The molecule has 0 aliphatic heterocycles. The molecule has 2 amide bonds. The highest BCUT2D eigenvalue weighted by Gasteiger charge is 2.32. The molecule has 1 fully saturated rings. The Labute approximate surface area is 244 Å². The van der Waals surface area contributed by atoms with Crippen LogP contribution in [0.3, 0.4) is 0 Å². The highest BCUT2D eigenvalue weighted by molar-refractivity contribution is 7.99. The van der Waals surface area contributed by atoms with Crippen molar-refractivity contribution in [1.82, 2.24) is 10.2 Å². The third-order valence-electron chi connectivity index (χ3n) is 7.02. The minimum Gasteiger partial charge on any atom is -0.352 e. The summed E-state index contributed by atoms with van der Waals surface area (Å²) >= 11 is 14.5. The molecule has 3 aromatic rings. The van der Waals surface area contributed by atoms with Crippen molar-refractivity contribution in [2.75, 3.05) is 5.75 Å². The number of amides is 2. The van der Waals surface area contributed by atoms with E-state index in [4.69, 9.17) is 23.2 Å². The van der Waals surface area contributed by atoms with Crippen LogP contribution in [0, 0.1) is 5.82 Å². The third kappa shape index (κ3) is 8.72. The Hall–Kier alpha value is -2.54. The number of hydrogen-bond acceptors (Lipinski definition) is 3. The number of thioether (sulfide) groups is 1. The van der Waals surface area contributed by atoms with E-state index in [9.17, 15) is 14.0 Å². The van der Waals surface area contributed by atoms with Crippen molar-refractivity contribution >= 4 is 46.8 Å². The predicted molar refractivity (Wildman–Crippen MR) is 159 cm³/mol. The minimum absolute atomic E-state index is 0.109. The summed E-state index contributed by atoms with van der Waals surface area (Å²) in [6.07, 6.45) is 5.62. The molecule has 0 spiro atoms. The van der Waals surface area contributed by atoms with Crippen LogP contribution >= 0.6 is 35.0 Å². The van der Waals surface area contributed by atoms with E-state index in [1.807, 2.05) is 30.3 Å². The maximum absolute atomic E-state index is 13.8. The summed E-state index contributed by atoms with van der Waals surface area (Å²) in [4.78, 5) is 29.3. The van der Waals surface area contributed by atoms with Gasteiger partial charge >= 0.3 is 0 Å². The molecule has 206 valence electrons. The Bertz CT molecular complexity index is 1220. The van der Waals surface area contributed by atoms with Crippen molar-refractivity contribution in [3.63, 3.8) is 0 Å². The first-order valence-corrected chi connectivity index (χ1v) is 15.2. The summed E-state index contributed by atoms with van der Waals surface area (Å²) in [7, 11) is 0. The van der Waals surface area contributed by atoms with Gasteiger partial charge in [0, 0.05) is 40.4 Å². The molecule has 0 radical (unpaired) electrons. The Morgan fingerprint density at radius 3 is 2.23 bits per heavy atom. The van der Waals surface area contributed by atoms with Crippen LogP contribution < -0.4 is 5.32 Å². The van der Waals surface area contributed by atoms with E-state index in [1.165, 1.54) is 30.3 Å². The number of carbonyl (C=O) groups is 2. The average molecular weight is 588 g/mol. The van der Waals surface area contributed by atoms with Crippen LogP contribution in [-0.2, 0) is 28.3 Å². The summed E-state index contributed by atoms with van der Waals surface area (Å²) in [6, 6.07) is 20.6. The zero-order chi connectivity index (χ0) is 27.6. The topological polar surface area (TPSA) is 49.4 Å². The Morgan fingerprint density at radius 1 is 0.897 bits per heavy atom. The monoisotopic (exact) mass is 586 g/mol. The Kier molecular flexibility index (Phi) is 11.1. The van der Waals surface area contributed by atoms with Crippen LogP contribution in [0.25, 0.3) is 0 Å². The summed E-state index contributed by atoms with van der Waals surface area (Å²) in [5.41, 5.74) is 2.50. The molecule has 1 N–H and O–H groups in total. The number of hydrogen-bond donors (Lipinski definition) is 1. The van der Waals surface area contributed by atoms with Crippen molar-refractivity contribution in [3.8, 4) is 0 Å². The highest BCUT2D eigenvalue weighted by Crippen LogP contribution is 2.28. The molecule has 0 bridgehead atoms. The molecule has 1 atom stereocenters. The summed E-state index contributed by atoms with van der Waals surface area (Å²) in [6.45, 7) is 0.115. The molecular formula is C31H33Cl2FN2O2S. The average Bonchev–Trinajstić information content (AvgIpc) is 2.94. The molecule has 39 heavy (non-hydrogen) atoms. The molecule has 8 heteroatoms. The molecular weight excluding hydrogens is 554 g/mol. The van der Waals surface area contributed by atoms with Gasteiger partial charge in [-0.25, -0.2) is 4.39 Å². The molecule has 3 aromatic carbocycles. The van der Waals surface area contributed by atoms with E-state index in [0.29, 0.717) is 27.8 Å². The van der Waals surface area contributed by atoms with Gasteiger partial charge in [0.1, 0.15) is 11.9 Å². The number of rotatable bonds is 11. The van der Waals surface area contributed by atoms with E-state index in [-0.39, 0.29) is 36.0 Å². The van der Waals surface area contributed by atoms with Crippen LogP contribution in [0.2, 0.25) is 10.0 Å². The van der Waals surface area contributed by atoms with Gasteiger partial charge in [-0.15, -0.1) is 11.8 Å². The Morgan fingerprint density at radius 2 is 1.56 bits per heavy atom. The van der Waals surface area contributed by atoms with E-state index < -0.39 is 6.04 Å². The van der Waals surface area contributed by atoms with Gasteiger partial charge < -0.3 is 10.2 Å². The lowest BCUT2D eigenvalue weighted by atomic mass is 9.94. The molecule has 0 unspecified atom stereocenters. The van der Waals surface area contributed by atoms with Gasteiger partial charge in [-0.1, -0.05) is 91.0 Å². The summed E-state index contributed by atoms with van der Waals surface area (Å²) in [5.74, 6) is 0.0604. The van der Waals surface area contributed by atoms with Gasteiger partial charge in [-0.3, -0.25) is 9.59 Å². The second kappa shape index (κ2) is 14.7. The van der Waals surface area contributed by atoms with Crippen molar-refractivity contribution in [2.24, 2.45) is 0 Å². The fraction of sp³-hybridized carbons (Fsp3) is 0.355. The summed E-state index contributed by atoms with van der Waals surface area (Å²) < 4.78 is 13.3. The first-order valence-electron chi connectivity index (χ1n) is 13.3. The first kappa shape index (κ1) is 29.4. The number of nitrogens with one attached hydrogen (secondary N) is 1. The van der Waals surface area contributed by atoms with E-state index >= 15 is 0 Å². The van der Waals surface area contributed by atoms with Crippen molar-refractivity contribution < 1.29 is 14.0 Å². The smallest absolute Gasteiger partial charge is 0.243 e. The van der Waals surface area contributed by atoms with Crippen molar-refractivity contribution in [1.29, 1.82) is 0 Å². The molecule has 1 saturated carbocycles. The largest absolute Gasteiger partial charge is 0.352 e. The summed E-state index contributed by atoms with van der Waals surface area (Å²) in [5, 5.41) is 4.13. The Balaban J connectivity index is 1.60. The van der Waals surface area contributed by atoms with Crippen LogP contribution in [0.15, 0.2) is 72.8 Å². The lowest BCUT2D eigenvalue weighted by Crippen LogP contribution is -2.53. The second-order valence-electron chi connectivity index (χ2n) is 9.89. The molecule has 4 rings (SSSR count). The fourth-order valence-electron chi connectivity index (χ4n) is 4.87. The van der Waals surface area contributed by atoms with Gasteiger partial charge in [-0.2, -0.15) is 0 Å². The standard InChI is InChI=1S/C31H33Cl2FN2O2S/c32-27-12-7-13-28(33)26(27)19-36(30(37)21-39-20-23-14-16-24(34)17-15-23)29(18-22-8-3-1-4-9-22)31(38)35-25-10-5-2-6-11-25/h1,3-4,7-9,12-17,25,29H,2,5-6,10-11,18-21H2,(H,35,38)/t29-/m1/s1. The van der Waals surface area contributed by atoms with Gasteiger partial charge in [0.25, 0.3) is 0 Å². The number of benzene rings is 3. The first-order chi connectivity index (χ1) is 18.9. The van der Waals surface area contributed by atoms with Crippen LogP contribution in [0.4, 0.5) is 4.39 Å². The second-order valence-corrected chi connectivity index (χ2v) is 11.7.